The summed E-state index contributed by atoms with van der Waals surface area (Å²) in [5.41, 5.74) is 0. The molecule has 0 aromatic rings. The van der Waals surface area contributed by atoms with Gasteiger partial charge >= 0.3 is 11.4 Å². The molecule has 3 atom stereocenters. The van der Waals surface area contributed by atoms with E-state index in [1.54, 1.807) is 0 Å². The quantitative estimate of drug-likeness (QED) is 0.178. The van der Waals surface area contributed by atoms with Gasteiger partial charge < -0.3 is 0 Å². The molecule has 3 unspecified atom stereocenters. The molecule has 0 bridgehead atoms. The minimum absolute atomic E-state index is 0.0885. The van der Waals surface area contributed by atoms with E-state index in [2.05, 4.69) is 6.92 Å². The molecule has 0 rings (SSSR count). The van der Waals surface area contributed by atoms with Gasteiger partial charge in [-0.3, -0.25) is 8.74 Å². The van der Waals surface area contributed by atoms with Crippen molar-refractivity contribution < 1.29 is 12.9 Å². The fourth-order valence-electron chi connectivity index (χ4n) is 2.81. The Hall–Kier alpha value is 0.360. The molecule has 140 valence electrons. The lowest BCUT2D eigenvalue weighted by Crippen LogP contribution is -2.15. The van der Waals surface area contributed by atoms with E-state index < -0.39 is 11.4 Å². The molecule has 0 aliphatic heterocycles. The van der Waals surface area contributed by atoms with E-state index in [0.29, 0.717) is 0 Å². The van der Waals surface area contributed by atoms with E-state index in [-0.39, 0.29) is 11.5 Å². The smallest absolute Gasteiger partial charge is 0.284 e. The van der Waals surface area contributed by atoms with Gasteiger partial charge in [0.25, 0.3) is 0 Å². The first-order valence-corrected chi connectivity index (χ1v) is 10.9. The molecular formula is C18H37ClO3S. The molecule has 0 amide bonds. The monoisotopic (exact) mass is 368 g/mol. The van der Waals surface area contributed by atoms with Crippen molar-refractivity contribution in [3.8, 4) is 0 Å². The standard InChI is InChI=1S/C18H37ClO3S/c1-3-4-5-6-7-8-9-10-11-12-13-14-18(22-23(20)21)16-15-17(2)19/h17-18H,3-16H2,1-2H3,(H,20,21). The largest absolute Gasteiger partial charge is 0.302 e. The van der Waals surface area contributed by atoms with Crippen LogP contribution in [0.5, 0.6) is 0 Å². The van der Waals surface area contributed by atoms with Crippen LogP contribution in [0, 0.1) is 0 Å². The summed E-state index contributed by atoms with van der Waals surface area (Å²) in [6, 6.07) is 0. The molecule has 0 radical (unpaired) electrons. The number of alkyl halides is 1. The predicted molar refractivity (Wildman–Crippen MR) is 101 cm³/mol. The first-order chi connectivity index (χ1) is 11.1. The lowest BCUT2D eigenvalue weighted by molar-refractivity contribution is 0.177. The molecule has 0 fully saturated rings. The van der Waals surface area contributed by atoms with Gasteiger partial charge in [-0.25, -0.2) is 0 Å². The lowest BCUT2D eigenvalue weighted by atomic mass is 10.0. The van der Waals surface area contributed by atoms with Gasteiger partial charge in [0.15, 0.2) is 0 Å². The highest BCUT2D eigenvalue weighted by molar-refractivity contribution is 7.74. The minimum Gasteiger partial charge on any atom is -0.284 e. The van der Waals surface area contributed by atoms with E-state index in [0.717, 1.165) is 25.7 Å². The predicted octanol–water partition coefficient (Wildman–Crippen LogP) is 6.62. The van der Waals surface area contributed by atoms with E-state index >= 15 is 0 Å². The van der Waals surface area contributed by atoms with E-state index in [1.165, 1.54) is 64.2 Å². The molecule has 0 aromatic heterocycles. The fourth-order valence-corrected chi connectivity index (χ4v) is 3.36. The number of hydrogen-bond acceptors (Lipinski definition) is 2. The Balaban J connectivity index is 3.48. The molecule has 3 nitrogen and oxygen atoms in total. The summed E-state index contributed by atoms with van der Waals surface area (Å²) < 4.78 is 24.8. The minimum atomic E-state index is -2.17. The highest BCUT2D eigenvalue weighted by Crippen LogP contribution is 2.17. The first-order valence-electron chi connectivity index (χ1n) is 9.48. The van der Waals surface area contributed by atoms with Crippen molar-refractivity contribution in [1.29, 1.82) is 0 Å². The molecule has 0 aromatic carbocycles. The van der Waals surface area contributed by atoms with Crippen LogP contribution in [0.25, 0.3) is 0 Å². The molecule has 0 heterocycles. The van der Waals surface area contributed by atoms with Crippen LogP contribution in [-0.4, -0.2) is 20.2 Å². The Morgan fingerprint density at radius 2 is 1.35 bits per heavy atom. The SMILES string of the molecule is CCCCCCCCCCCCCC(CCC(C)Cl)OS(=O)O. The van der Waals surface area contributed by atoms with Crippen LogP contribution in [0.1, 0.15) is 104 Å². The Labute approximate surface area is 151 Å². The average molecular weight is 369 g/mol. The number of hydrogen-bond donors (Lipinski definition) is 1. The second kappa shape index (κ2) is 17.2. The number of unbranched alkanes of at least 4 members (excludes halogenated alkanes) is 10. The first kappa shape index (κ1) is 23.4. The average Bonchev–Trinajstić information content (AvgIpc) is 2.49. The summed E-state index contributed by atoms with van der Waals surface area (Å²) in [6.45, 7) is 4.20. The van der Waals surface area contributed by atoms with E-state index in [4.69, 9.17) is 20.3 Å². The van der Waals surface area contributed by atoms with Gasteiger partial charge in [0.1, 0.15) is 0 Å². The zero-order valence-corrected chi connectivity index (χ0v) is 16.7. The third kappa shape index (κ3) is 18.5. The second-order valence-corrected chi connectivity index (χ2v) is 7.99. The van der Waals surface area contributed by atoms with Crippen molar-refractivity contribution >= 4 is 23.0 Å². The third-order valence-corrected chi connectivity index (χ3v) is 4.89. The van der Waals surface area contributed by atoms with Crippen LogP contribution in [0.2, 0.25) is 0 Å². The van der Waals surface area contributed by atoms with Gasteiger partial charge in [-0.05, 0) is 26.2 Å². The summed E-state index contributed by atoms with van der Waals surface area (Å²) in [5.74, 6) is 0. The Kier molecular flexibility index (Phi) is 17.5. The van der Waals surface area contributed by atoms with Gasteiger partial charge in [0.05, 0.1) is 6.10 Å². The van der Waals surface area contributed by atoms with Crippen molar-refractivity contribution in [3.05, 3.63) is 0 Å². The van der Waals surface area contributed by atoms with E-state index in [9.17, 15) is 4.21 Å². The van der Waals surface area contributed by atoms with Gasteiger partial charge in [-0.15, -0.1) is 11.6 Å². The van der Waals surface area contributed by atoms with Crippen LogP contribution in [0.4, 0.5) is 0 Å². The summed E-state index contributed by atoms with van der Waals surface area (Å²) in [5, 5.41) is 0.0885. The van der Waals surface area contributed by atoms with Crippen molar-refractivity contribution in [2.24, 2.45) is 0 Å². The highest BCUT2D eigenvalue weighted by Gasteiger charge is 2.13. The molecule has 0 aliphatic rings. The van der Waals surface area contributed by atoms with Gasteiger partial charge in [0.2, 0.25) is 0 Å². The Morgan fingerprint density at radius 1 is 0.870 bits per heavy atom. The summed E-state index contributed by atoms with van der Waals surface area (Å²) in [6.07, 6.45) is 16.7. The summed E-state index contributed by atoms with van der Waals surface area (Å²) >= 11 is 3.77. The van der Waals surface area contributed by atoms with Gasteiger partial charge in [-0.2, -0.15) is 4.21 Å². The maximum Gasteiger partial charge on any atom is 0.302 e. The van der Waals surface area contributed by atoms with Crippen molar-refractivity contribution in [1.82, 2.24) is 0 Å². The maximum atomic E-state index is 10.8. The molecule has 0 aliphatic carbocycles. The molecular weight excluding hydrogens is 332 g/mol. The molecule has 5 heteroatoms. The molecule has 23 heavy (non-hydrogen) atoms. The van der Waals surface area contributed by atoms with E-state index in [1.807, 2.05) is 6.92 Å². The summed E-state index contributed by atoms with van der Waals surface area (Å²) in [7, 11) is 0. The van der Waals surface area contributed by atoms with Gasteiger partial charge in [-0.1, -0.05) is 77.6 Å². The van der Waals surface area contributed by atoms with Crippen molar-refractivity contribution in [2.75, 3.05) is 0 Å². The fraction of sp³-hybridized carbons (Fsp3) is 1.00. The molecule has 0 saturated heterocycles. The number of halogens is 1. The Morgan fingerprint density at radius 3 is 1.78 bits per heavy atom. The van der Waals surface area contributed by atoms with Crippen molar-refractivity contribution in [3.63, 3.8) is 0 Å². The third-order valence-electron chi connectivity index (χ3n) is 4.23. The topological polar surface area (TPSA) is 46.5 Å². The zero-order chi connectivity index (χ0) is 17.3. The van der Waals surface area contributed by atoms with Crippen LogP contribution >= 0.6 is 11.6 Å². The van der Waals surface area contributed by atoms with Crippen LogP contribution in [-0.2, 0) is 15.5 Å². The second-order valence-electron chi connectivity index (χ2n) is 6.62. The zero-order valence-electron chi connectivity index (χ0n) is 15.1. The van der Waals surface area contributed by atoms with Crippen molar-refractivity contribution in [2.45, 2.75) is 115 Å². The normalized spacial score (nSPS) is 15.5. The highest BCUT2D eigenvalue weighted by atomic mass is 35.5. The molecule has 1 N–H and O–H groups in total. The number of rotatable bonds is 17. The van der Waals surface area contributed by atoms with Crippen LogP contribution in [0.3, 0.4) is 0 Å². The van der Waals surface area contributed by atoms with Gasteiger partial charge in [0, 0.05) is 5.38 Å². The Bertz CT molecular complexity index is 275. The molecule has 0 saturated carbocycles. The van der Waals surface area contributed by atoms with Crippen LogP contribution < -0.4 is 0 Å². The lowest BCUT2D eigenvalue weighted by Gasteiger charge is -2.15. The van der Waals surface area contributed by atoms with Crippen LogP contribution in [0.15, 0.2) is 0 Å². The maximum absolute atomic E-state index is 10.8. The summed E-state index contributed by atoms with van der Waals surface area (Å²) in [4.78, 5) is 0. The molecule has 0 spiro atoms.